The van der Waals surface area contributed by atoms with Crippen molar-refractivity contribution in [2.45, 2.75) is 25.1 Å². The van der Waals surface area contributed by atoms with Crippen molar-refractivity contribution in [1.82, 2.24) is 15.1 Å². The predicted octanol–water partition coefficient (Wildman–Crippen LogP) is 2.63. The summed E-state index contributed by atoms with van der Waals surface area (Å²) in [6, 6.07) is 8.49. The SMILES string of the molecule is COCCNC(=O)CN1CCc2c(-c3cc(OC)cc(OC)c3)nn(-c3cc(N4CC[C@H](O)C4)ccc3C(F)(F)F)c(=O)c21. The van der Waals surface area contributed by atoms with Gasteiger partial charge in [-0.3, -0.25) is 9.59 Å². The Labute approximate surface area is 251 Å². The molecule has 1 amide bonds. The number of benzene rings is 2. The second kappa shape index (κ2) is 12.7. The molecule has 0 aliphatic carbocycles. The number of nitrogens with zero attached hydrogens (tertiary/aromatic N) is 4. The van der Waals surface area contributed by atoms with E-state index in [1.807, 2.05) is 0 Å². The van der Waals surface area contributed by atoms with Crippen LogP contribution < -0.4 is 30.1 Å². The van der Waals surface area contributed by atoms with Gasteiger partial charge in [0.05, 0.1) is 50.4 Å². The summed E-state index contributed by atoms with van der Waals surface area (Å²) in [7, 11) is 4.44. The summed E-state index contributed by atoms with van der Waals surface area (Å²) in [4.78, 5) is 30.2. The van der Waals surface area contributed by atoms with Crippen LogP contribution in [0, 0.1) is 0 Å². The van der Waals surface area contributed by atoms with Crippen molar-refractivity contribution < 1.29 is 37.3 Å². The van der Waals surface area contributed by atoms with E-state index in [-0.39, 0.29) is 43.5 Å². The number of carbonyl (C=O) groups excluding carboxylic acids is 1. The van der Waals surface area contributed by atoms with Crippen LogP contribution in [0.2, 0.25) is 0 Å². The average molecular weight is 618 g/mol. The molecule has 1 atom stereocenters. The lowest BCUT2D eigenvalue weighted by Gasteiger charge is -2.23. The summed E-state index contributed by atoms with van der Waals surface area (Å²) in [5, 5.41) is 17.3. The molecule has 236 valence electrons. The number of anilines is 2. The molecule has 0 unspecified atom stereocenters. The van der Waals surface area contributed by atoms with E-state index < -0.39 is 29.1 Å². The average Bonchev–Trinajstić information content (AvgIpc) is 3.63. The van der Waals surface area contributed by atoms with Crippen LogP contribution in [-0.4, -0.2) is 87.6 Å². The molecule has 2 aliphatic rings. The third-order valence-corrected chi connectivity index (χ3v) is 7.75. The molecule has 1 fully saturated rings. The molecule has 3 aromatic rings. The molecular formula is C30H34F3N5O6. The Morgan fingerprint density at radius 3 is 2.43 bits per heavy atom. The number of halogens is 3. The first kappa shape index (κ1) is 31.1. The number of fused-ring (bicyclic) bond motifs is 1. The Morgan fingerprint density at radius 1 is 1.09 bits per heavy atom. The minimum Gasteiger partial charge on any atom is -0.497 e. The molecule has 2 aliphatic heterocycles. The fourth-order valence-corrected chi connectivity index (χ4v) is 5.60. The first-order valence-corrected chi connectivity index (χ1v) is 14.1. The molecule has 14 heteroatoms. The molecular weight excluding hydrogens is 583 g/mol. The number of aliphatic hydroxyl groups is 1. The van der Waals surface area contributed by atoms with Gasteiger partial charge in [-0.05, 0) is 43.2 Å². The van der Waals surface area contributed by atoms with Crippen molar-refractivity contribution in [2.24, 2.45) is 0 Å². The van der Waals surface area contributed by atoms with Gasteiger partial charge in [-0.15, -0.1) is 0 Å². The summed E-state index contributed by atoms with van der Waals surface area (Å²) in [5.41, 5.74) is -0.572. The first-order valence-electron chi connectivity index (χ1n) is 14.1. The van der Waals surface area contributed by atoms with Gasteiger partial charge in [-0.25, -0.2) is 0 Å². The number of hydrogen-bond acceptors (Lipinski definition) is 9. The van der Waals surface area contributed by atoms with Crippen LogP contribution in [0.3, 0.4) is 0 Å². The topological polar surface area (TPSA) is 118 Å². The number of rotatable bonds is 10. The van der Waals surface area contributed by atoms with Crippen LogP contribution in [0.1, 0.15) is 17.5 Å². The molecule has 2 N–H and O–H groups in total. The smallest absolute Gasteiger partial charge is 0.418 e. The fourth-order valence-electron chi connectivity index (χ4n) is 5.60. The molecule has 1 saturated heterocycles. The van der Waals surface area contributed by atoms with Crippen LogP contribution in [0.4, 0.5) is 24.5 Å². The summed E-state index contributed by atoms with van der Waals surface area (Å²) in [6.45, 7) is 1.34. The minimum absolute atomic E-state index is 0.0915. The molecule has 5 rings (SSSR count). The van der Waals surface area contributed by atoms with Crippen molar-refractivity contribution in [3.63, 3.8) is 0 Å². The highest BCUT2D eigenvalue weighted by molar-refractivity contribution is 5.84. The molecule has 0 spiro atoms. The molecule has 1 aromatic heterocycles. The third kappa shape index (κ3) is 6.31. The van der Waals surface area contributed by atoms with Crippen LogP contribution in [0.5, 0.6) is 11.5 Å². The number of hydrogen-bond donors (Lipinski definition) is 2. The van der Waals surface area contributed by atoms with E-state index in [0.717, 1.165) is 10.7 Å². The number of carbonyl (C=O) groups is 1. The third-order valence-electron chi connectivity index (χ3n) is 7.75. The lowest BCUT2D eigenvalue weighted by atomic mass is 10.0. The van der Waals surface area contributed by atoms with Crippen LogP contribution in [-0.2, 0) is 22.1 Å². The lowest BCUT2D eigenvalue weighted by Crippen LogP contribution is -2.40. The first-order chi connectivity index (χ1) is 21.0. The van der Waals surface area contributed by atoms with E-state index in [9.17, 15) is 27.9 Å². The van der Waals surface area contributed by atoms with E-state index in [2.05, 4.69) is 10.4 Å². The number of aliphatic hydroxyl groups excluding tert-OH is 1. The van der Waals surface area contributed by atoms with Gasteiger partial charge in [0.25, 0.3) is 5.56 Å². The largest absolute Gasteiger partial charge is 0.497 e. The second-order valence-electron chi connectivity index (χ2n) is 10.6. The number of ether oxygens (including phenoxy) is 3. The van der Waals surface area contributed by atoms with Gasteiger partial charge in [0, 0.05) is 56.2 Å². The van der Waals surface area contributed by atoms with E-state index in [1.54, 1.807) is 28.0 Å². The predicted molar refractivity (Wildman–Crippen MR) is 157 cm³/mol. The van der Waals surface area contributed by atoms with Crippen LogP contribution >= 0.6 is 0 Å². The highest BCUT2D eigenvalue weighted by atomic mass is 19.4. The normalized spacial score (nSPS) is 16.3. The number of β-amino-alcohol motifs (C(OH)–C–C–N with tert-alkyl or cyclic N) is 1. The molecule has 2 aromatic carbocycles. The zero-order valence-electron chi connectivity index (χ0n) is 24.6. The zero-order chi connectivity index (χ0) is 31.6. The number of alkyl halides is 3. The highest BCUT2D eigenvalue weighted by Gasteiger charge is 2.37. The van der Waals surface area contributed by atoms with Crippen molar-refractivity contribution in [2.75, 3.05) is 70.5 Å². The van der Waals surface area contributed by atoms with Gasteiger partial charge in [0.1, 0.15) is 17.2 Å². The fraction of sp³-hybridized carbons (Fsp3) is 0.433. The Balaban J connectivity index is 1.72. The van der Waals surface area contributed by atoms with Gasteiger partial charge in [-0.1, -0.05) is 0 Å². The van der Waals surface area contributed by atoms with Gasteiger partial charge in [-0.2, -0.15) is 23.0 Å². The summed E-state index contributed by atoms with van der Waals surface area (Å²) >= 11 is 0. The van der Waals surface area contributed by atoms with Gasteiger partial charge in [0.15, 0.2) is 0 Å². The quantitative estimate of drug-likeness (QED) is 0.331. The Hall–Kier alpha value is -4.30. The summed E-state index contributed by atoms with van der Waals surface area (Å²) in [5.74, 6) is 0.476. The maximum absolute atomic E-state index is 14.4. The molecule has 0 saturated carbocycles. The van der Waals surface area contributed by atoms with Crippen molar-refractivity contribution in [3.05, 3.63) is 57.9 Å². The van der Waals surface area contributed by atoms with Gasteiger partial charge >= 0.3 is 6.18 Å². The number of aromatic nitrogens is 2. The standard InChI is InChI=1S/C30H34F3N5O6/c1-42-11-8-34-26(40)17-37-10-7-23-27(18-12-21(43-2)15-22(13-18)44-3)35-38(29(41)28(23)37)25-14-19(36-9-6-20(39)16-36)4-5-24(25)30(31,32)33/h4-5,12-15,20,39H,6-11,16-17H2,1-3H3,(H,34,40)/t20-/m0/s1. The maximum Gasteiger partial charge on any atom is 0.418 e. The van der Waals surface area contributed by atoms with Crippen LogP contribution in [0.25, 0.3) is 16.9 Å². The van der Waals surface area contributed by atoms with E-state index >= 15 is 0 Å². The minimum atomic E-state index is -4.81. The van der Waals surface area contributed by atoms with Crippen molar-refractivity contribution in [3.8, 4) is 28.4 Å². The molecule has 0 radical (unpaired) electrons. The lowest BCUT2D eigenvalue weighted by molar-refractivity contribution is -0.137. The van der Waals surface area contributed by atoms with E-state index in [1.165, 1.54) is 33.5 Å². The maximum atomic E-state index is 14.4. The Kier molecular flexibility index (Phi) is 9.02. The Morgan fingerprint density at radius 2 is 1.82 bits per heavy atom. The highest BCUT2D eigenvalue weighted by Crippen LogP contribution is 2.39. The molecule has 3 heterocycles. The number of amides is 1. The summed E-state index contributed by atoms with van der Waals surface area (Å²) < 4.78 is 59.8. The number of methoxy groups -OCH3 is 3. The molecule has 0 bridgehead atoms. The monoisotopic (exact) mass is 617 g/mol. The number of nitrogens with one attached hydrogen (secondary N) is 1. The van der Waals surface area contributed by atoms with Gasteiger partial charge < -0.3 is 34.4 Å². The molecule has 11 nitrogen and oxygen atoms in total. The van der Waals surface area contributed by atoms with E-state index in [0.29, 0.717) is 54.3 Å². The van der Waals surface area contributed by atoms with Gasteiger partial charge in [0.2, 0.25) is 5.91 Å². The van der Waals surface area contributed by atoms with Crippen LogP contribution in [0.15, 0.2) is 41.2 Å². The zero-order valence-corrected chi connectivity index (χ0v) is 24.6. The van der Waals surface area contributed by atoms with E-state index in [4.69, 9.17) is 14.2 Å². The van der Waals surface area contributed by atoms with Crippen molar-refractivity contribution >= 4 is 17.3 Å². The Bertz CT molecular complexity index is 1570. The summed E-state index contributed by atoms with van der Waals surface area (Å²) in [6.07, 6.45) is -4.62. The van der Waals surface area contributed by atoms with Crippen molar-refractivity contribution in [1.29, 1.82) is 0 Å². The molecule has 44 heavy (non-hydrogen) atoms. The second-order valence-corrected chi connectivity index (χ2v) is 10.6.